The molecule has 1 heterocycles. The van der Waals surface area contributed by atoms with Gasteiger partial charge in [0.2, 0.25) is 0 Å². The van der Waals surface area contributed by atoms with Crippen LogP contribution < -0.4 is 0 Å². The van der Waals surface area contributed by atoms with Crippen LogP contribution in [-0.2, 0) is 4.74 Å². The molecule has 0 aromatic rings. The van der Waals surface area contributed by atoms with Crippen molar-refractivity contribution in [3.8, 4) is 0 Å². The van der Waals surface area contributed by atoms with Gasteiger partial charge in [-0.3, -0.25) is 0 Å². The molecule has 0 aromatic heterocycles. The molecule has 10 heavy (non-hydrogen) atoms. The average molecular weight is 151 g/mol. The zero-order chi connectivity index (χ0) is 8.12. The van der Waals surface area contributed by atoms with Crippen LogP contribution in [0.5, 0.6) is 0 Å². The Balaban J connectivity index is -0.0000000241. The molecular weight excluding hydrogens is 135 g/mol. The summed E-state index contributed by atoms with van der Waals surface area (Å²) in [5.41, 5.74) is 0. The Labute approximate surface area is 86.8 Å². The minimum Gasteiger partial charge on any atom is -0.377 e. The van der Waals surface area contributed by atoms with Gasteiger partial charge in [-0.05, 0) is 0 Å². The first-order chi connectivity index (χ1) is 4.50. The zero-order valence-corrected chi connectivity index (χ0v) is 9.07. The molecule has 1 radical (unpaired) electrons. The van der Waals surface area contributed by atoms with E-state index in [1.54, 1.807) is 0 Å². The third kappa shape index (κ3) is 303. The molecule has 1 aliphatic rings. The topological polar surface area (TPSA) is 12.5 Å². The molecule has 1 saturated heterocycles. The predicted octanol–water partition coefficient (Wildman–Crippen LogP) is 2.04. The van der Waals surface area contributed by atoms with Gasteiger partial charge in [0.15, 0.2) is 0 Å². The third-order valence-electron chi connectivity index (χ3n) is 0.204. The number of ether oxygens (including phenoxy) is 1. The Morgan fingerprint density at radius 1 is 0.700 bits per heavy atom. The van der Waals surface area contributed by atoms with Gasteiger partial charge in [-0.1, -0.05) is 0 Å². The van der Waals surface area contributed by atoms with E-state index in [-0.39, 0.29) is 29.6 Å². The largest absolute Gasteiger partial charge is 0.377 e. The van der Waals surface area contributed by atoms with Crippen molar-refractivity contribution in [2.75, 3.05) is 13.2 Å². The van der Waals surface area contributed by atoms with Crippen molar-refractivity contribution in [1.29, 1.82) is 0 Å². The number of hydrogen-bond donors (Lipinski definition) is 0. The Bertz CT molecular complexity index is 30.7. The molecule has 1 rings (SSSR count). The van der Waals surface area contributed by atoms with Crippen molar-refractivity contribution in [3.63, 3.8) is 0 Å². The average Bonchev–Trinajstić information content (AvgIpc) is 2.84. The van der Waals surface area contributed by atoms with Gasteiger partial charge in [-0.25, -0.2) is 0 Å². The van der Waals surface area contributed by atoms with Gasteiger partial charge in [0.1, 0.15) is 0 Å². The first kappa shape index (κ1) is 22.5. The van der Waals surface area contributed by atoms with E-state index < -0.39 is 0 Å². The summed E-state index contributed by atoms with van der Waals surface area (Å²) in [5, 5.41) is 0. The van der Waals surface area contributed by atoms with E-state index in [1.165, 1.54) is 0 Å². The molecule has 55 valence electrons. The van der Waals surface area contributed by atoms with Crippen molar-refractivity contribution in [3.05, 3.63) is 39.5 Å². The number of hydrogen-bond acceptors (Lipinski definition) is 1. The quantitative estimate of drug-likeness (QED) is 0.293. The Morgan fingerprint density at radius 2 is 0.800 bits per heavy atom. The maximum atomic E-state index is 4.50. The fourth-order valence-corrected chi connectivity index (χ4v) is 0. The number of rotatable bonds is 0. The molecule has 0 unspecified atom stereocenters. The summed E-state index contributed by atoms with van der Waals surface area (Å²) in [4.78, 5) is 0. The van der Waals surface area contributed by atoms with Crippen molar-refractivity contribution in [2.24, 2.45) is 0 Å². The molecule has 0 spiro atoms. The first-order valence-corrected chi connectivity index (χ1v) is 2.58. The molecule has 1 nitrogen and oxygen atoms in total. The molecule has 0 aliphatic carbocycles. The molecule has 0 atom stereocenters. The van der Waals surface area contributed by atoms with Crippen LogP contribution in [0.1, 0.15) is 0 Å². The summed E-state index contributed by atoms with van der Waals surface area (Å²) in [6.07, 6.45) is 0. The minimum absolute atomic E-state index is 0. The second kappa shape index (κ2) is 60.7. The monoisotopic (exact) mass is 151 g/mol. The van der Waals surface area contributed by atoms with Gasteiger partial charge in [-0.2, -0.15) is 0 Å². The van der Waals surface area contributed by atoms with Crippen LogP contribution in [0.3, 0.4) is 0 Å². The van der Waals surface area contributed by atoms with Crippen LogP contribution in [0.2, 0.25) is 0 Å². The van der Waals surface area contributed by atoms with Crippen LogP contribution in [0, 0.1) is 0 Å². The van der Waals surface area contributed by atoms with E-state index in [0.717, 1.165) is 13.2 Å². The first-order valence-electron chi connectivity index (χ1n) is 2.58. The zero-order valence-electron chi connectivity index (χ0n) is 7.07. The van der Waals surface area contributed by atoms with Crippen molar-refractivity contribution in [2.45, 2.75) is 0 Å². The minimum atomic E-state index is 0. The van der Waals surface area contributed by atoms with Gasteiger partial charge in [0.25, 0.3) is 0 Å². The fourth-order valence-electron chi connectivity index (χ4n) is 0. The molecule has 0 N–H and O–H groups in total. The van der Waals surface area contributed by atoms with Gasteiger partial charge < -0.3 is 4.74 Å². The van der Waals surface area contributed by atoms with E-state index in [1.807, 2.05) is 0 Å². The fraction of sp³-hybridized carbons (Fsp3) is 0.250. The van der Waals surface area contributed by atoms with Crippen LogP contribution in [0.25, 0.3) is 0 Å². The Hall–Kier alpha value is 0.180. The standard InChI is InChI=1S/C2H4O.3C2H4.Na/c1-2-3-1;3*1-2;/h1-2H2;3*1-2H2;. The molecule has 1 aliphatic heterocycles. The van der Waals surface area contributed by atoms with E-state index >= 15 is 0 Å². The second-order valence-electron chi connectivity index (χ2n) is 0.612. The van der Waals surface area contributed by atoms with E-state index in [2.05, 4.69) is 44.2 Å². The second-order valence-corrected chi connectivity index (χ2v) is 0.612. The third-order valence-corrected chi connectivity index (χ3v) is 0.204. The van der Waals surface area contributed by atoms with E-state index in [0.29, 0.717) is 0 Å². The summed E-state index contributed by atoms with van der Waals surface area (Å²) in [6, 6.07) is 0. The SMILES string of the molecule is C1CO1.C=C.C=C.C=C.[Na]. The molecule has 0 bridgehead atoms. The summed E-state index contributed by atoms with van der Waals surface area (Å²) in [6.45, 7) is 20.0. The number of epoxide rings is 1. The van der Waals surface area contributed by atoms with Crippen molar-refractivity contribution >= 4 is 29.6 Å². The Kier molecular flexibility index (Phi) is 136. The van der Waals surface area contributed by atoms with Crippen LogP contribution in [0.15, 0.2) is 39.5 Å². The van der Waals surface area contributed by atoms with Crippen molar-refractivity contribution in [1.82, 2.24) is 0 Å². The molecule has 0 saturated carbocycles. The molecule has 0 amide bonds. The smallest absolute Gasteiger partial charge is 0.0701 e. The van der Waals surface area contributed by atoms with Gasteiger partial charge in [0.05, 0.1) is 13.2 Å². The molecule has 1 fully saturated rings. The predicted molar refractivity (Wildman–Crippen MR) is 50.3 cm³/mol. The van der Waals surface area contributed by atoms with Gasteiger partial charge in [-0.15, -0.1) is 39.5 Å². The summed E-state index contributed by atoms with van der Waals surface area (Å²) >= 11 is 0. The van der Waals surface area contributed by atoms with E-state index in [9.17, 15) is 0 Å². The Morgan fingerprint density at radius 3 is 0.800 bits per heavy atom. The summed E-state index contributed by atoms with van der Waals surface area (Å²) in [5.74, 6) is 0. The van der Waals surface area contributed by atoms with Crippen LogP contribution >= 0.6 is 0 Å². The van der Waals surface area contributed by atoms with Gasteiger partial charge >= 0.3 is 0 Å². The summed E-state index contributed by atoms with van der Waals surface area (Å²) < 4.78 is 4.50. The molecule has 2 heteroatoms. The molecule has 0 aromatic carbocycles. The molecular formula is C8H16NaO. The van der Waals surface area contributed by atoms with Crippen LogP contribution in [-0.4, -0.2) is 42.8 Å². The maximum Gasteiger partial charge on any atom is 0.0701 e. The normalized spacial score (nSPS) is 8.40. The maximum absolute atomic E-state index is 4.50. The van der Waals surface area contributed by atoms with Crippen molar-refractivity contribution < 1.29 is 4.74 Å². The van der Waals surface area contributed by atoms with E-state index in [4.69, 9.17) is 0 Å². The summed E-state index contributed by atoms with van der Waals surface area (Å²) in [7, 11) is 0. The van der Waals surface area contributed by atoms with Crippen LogP contribution in [0.4, 0.5) is 0 Å². The van der Waals surface area contributed by atoms with Gasteiger partial charge in [0, 0.05) is 29.6 Å².